The molecule has 0 aliphatic carbocycles. The van der Waals surface area contributed by atoms with Crippen molar-refractivity contribution >= 4 is 11.3 Å². The van der Waals surface area contributed by atoms with Gasteiger partial charge >= 0.3 is 0 Å². The highest BCUT2D eigenvalue weighted by Crippen LogP contribution is 2.20. The van der Waals surface area contributed by atoms with Crippen molar-refractivity contribution in [2.75, 3.05) is 6.54 Å². The number of hydrogen-bond donors (Lipinski definition) is 1. The van der Waals surface area contributed by atoms with E-state index in [1.54, 1.807) is 11.3 Å². The van der Waals surface area contributed by atoms with Crippen LogP contribution in [0.2, 0.25) is 0 Å². The Balaban J connectivity index is 2.12. The largest absolute Gasteiger partial charge is 0.330 e. The lowest BCUT2D eigenvalue weighted by Crippen LogP contribution is -2.14. The summed E-state index contributed by atoms with van der Waals surface area (Å²) in [6.45, 7) is 0.670. The lowest BCUT2D eigenvalue weighted by atomic mass is 9.96. The normalized spacial score (nSPS) is 12.6. The SMILES string of the molecule is NCC(Cc1nccs1)c1ccccc1. The van der Waals surface area contributed by atoms with E-state index in [4.69, 9.17) is 5.73 Å². The molecule has 0 saturated heterocycles. The number of hydrogen-bond acceptors (Lipinski definition) is 3. The molecule has 0 bridgehead atoms. The summed E-state index contributed by atoms with van der Waals surface area (Å²) in [5.41, 5.74) is 7.10. The third-order valence-electron chi connectivity index (χ3n) is 2.46. The molecule has 1 unspecified atom stereocenters. The first-order valence-electron chi connectivity index (χ1n) is 5.03. The van der Waals surface area contributed by atoms with E-state index in [1.165, 1.54) is 5.56 Å². The molecule has 2 nitrogen and oxygen atoms in total. The highest BCUT2D eigenvalue weighted by atomic mass is 32.1. The number of rotatable bonds is 4. The summed E-state index contributed by atoms with van der Waals surface area (Å²) in [7, 11) is 0. The van der Waals surface area contributed by atoms with Crippen LogP contribution in [0.15, 0.2) is 41.9 Å². The zero-order chi connectivity index (χ0) is 10.5. The van der Waals surface area contributed by atoms with E-state index < -0.39 is 0 Å². The first kappa shape index (κ1) is 10.3. The number of nitrogens with zero attached hydrogens (tertiary/aromatic N) is 1. The van der Waals surface area contributed by atoms with Gasteiger partial charge in [-0.1, -0.05) is 30.3 Å². The lowest BCUT2D eigenvalue weighted by Gasteiger charge is -2.13. The monoisotopic (exact) mass is 218 g/mol. The van der Waals surface area contributed by atoms with Crippen molar-refractivity contribution in [3.8, 4) is 0 Å². The van der Waals surface area contributed by atoms with E-state index in [2.05, 4.69) is 29.2 Å². The molecule has 1 atom stereocenters. The molecule has 2 aromatic rings. The fourth-order valence-electron chi connectivity index (χ4n) is 1.63. The molecule has 2 N–H and O–H groups in total. The van der Waals surface area contributed by atoms with Crippen molar-refractivity contribution in [1.29, 1.82) is 0 Å². The summed E-state index contributed by atoms with van der Waals surface area (Å²) in [6, 6.07) is 10.4. The van der Waals surface area contributed by atoms with E-state index in [-0.39, 0.29) is 0 Å². The Bertz CT molecular complexity index is 383. The second-order valence-corrected chi connectivity index (χ2v) is 4.45. The Labute approximate surface area is 93.8 Å². The fourth-order valence-corrected chi connectivity index (χ4v) is 2.32. The summed E-state index contributed by atoms with van der Waals surface area (Å²) in [5.74, 6) is 0.386. The molecule has 2 rings (SSSR count). The van der Waals surface area contributed by atoms with Crippen molar-refractivity contribution in [3.63, 3.8) is 0 Å². The summed E-state index contributed by atoms with van der Waals surface area (Å²) < 4.78 is 0. The predicted molar refractivity (Wildman–Crippen MR) is 64.1 cm³/mol. The average Bonchev–Trinajstić information content (AvgIpc) is 2.80. The van der Waals surface area contributed by atoms with Gasteiger partial charge in [0.05, 0.1) is 5.01 Å². The predicted octanol–water partition coefficient (Wildman–Crippen LogP) is 2.43. The molecule has 1 aromatic carbocycles. The van der Waals surface area contributed by atoms with Crippen LogP contribution >= 0.6 is 11.3 Å². The van der Waals surface area contributed by atoms with Gasteiger partial charge in [0.2, 0.25) is 0 Å². The van der Waals surface area contributed by atoms with E-state index in [1.807, 2.05) is 17.6 Å². The minimum atomic E-state index is 0.386. The molecule has 78 valence electrons. The van der Waals surface area contributed by atoms with Crippen molar-refractivity contribution in [1.82, 2.24) is 4.98 Å². The Hall–Kier alpha value is -1.19. The highest BCUT2D eigenvalue weighted by molar-refractivity contribution is 7.09. The summed E-state index contributed by atoms with van der Waals surface area (Å²) in [6.07, 6.45) is 2.79. The van der Waals surface area contributed by atoms with Crippen molar-refractivity contribution in [2.24, 2.45) is 5.73 Å². The number of aromatic nitrogens is 1. The molecule has 0 saturated carbocycles. The molecule has 0 radical (unpaired) electrons. The van der Waals surface area contributed by atoms with Gasteiger partial charge in [0.15, 0.2) is 0 Å². The summed E-state index contributed by atoms with van der Waals surface area (Å²) >= 11 is 1.69. The average molecular weight is 218 g/mol. The zero-order valence-electron chi connectivity index (χ0n) is 8.47. The van der Waals surface area contributed by atoms with Gasteiger partial charge in [0, 0.05) is 23.9 Å². The molecule has 0 aliphatic heterocycles. The van der Waals surface area contributed by atoms with Gasteiger partial charge in [-0.25, -0.2) is 4.98 Å². The highest BCUT2D eigenvalue weighted by Gasteiger charge is 2.11. The van der Waals surface area contributed by atoms with Crippen molar-refractivity contribution < 1.29 is 0 Å². The Morgan fingerprint density at radius 3 is 2.67 bits per heavy atom. The van der Waals surface area contributed by atoms with Gasteiger partial charge in [0.25, 0.3) is 0 Å². The van der Waals surface area contributed by atoms with Gasteiger partial charge in [0.1, 0.15) is 0 Å². The van der Waals surface area contributed by atoms with Gasteiger partial charge in [-0.15, -0.1) is 11.3 Å². The van der Waals surface area contributed by atoms with Crippen LogP contribution in [0.3, 0.4) is 0 Å². The second-order valence-electron chi connectivity index (χ2n) is 3.47. The maximum atomic E-state index is 5.80. The van der Waals surface area contributed by atoms with E-state index in [9.17, 15) is 0 Å². The molecule has 15 heavy (non-hydrogen) atoms. The smallest absolute Gasteiger partial charge is 0.0931 e. The summed E-state index contributed by atoms with van der Waals surface area (Å²) in [4.78, 5) is 4.29. The minimum absolute atomic E-state index is 0.386. The second kappa shape index (κ2) is 5.05. The molecular weight excluding hydrogens is 204 g/mol. The fraction of sp³-hybridized carbons (Fsp3) is 0.250. The van der Waals surface area contributed by atoms with Crippen LogP contribution in [-0.4, -0.2) is 11.5 Å². The lowest BCUT2D eigenvalue weighted by molar-refractivity contribution is 0.691. The molecule has 0 aliphatic rings. The van der Waals surface area contributed by atoms with Crippen LogP contribution < -0.4 is 5.73 Å². The standard InChI is InChI=1S/C12H14N2S/c13-9-11(8-12-14-6-7-15-12)10-4-2-1-3-5-10/h1-7,11H,8-9,13H2. The minimum Gasteiger partial charge on any atom is -0.330 e. The third-order valence-corrected chi connectivity index (χ3v) is 3.26. The number of nitrogens with two attached hydrogens (primary N) is 1. The van der Waals surface area contributed by atoms with Crippen LogP contribution in [0.5, 0.6) is 0 Å². The van der Waals surface area contributed by atoms with E-state index in [0.29, 0.717) is 12.5 Å². The quantitative estimate of drug-likeness (QED) is 0.856. The molecule has 0 fully saturated rings. The van der Waals surface area contributed by atoms with Gasteiger partial charge in [-0.2, -0.15) is 0 Å². The molecular formula is C12H14N2S. The zero-order valence-corrected chi connectivity index (χ0v) is 9.28. The van der Waals surface area contributed by atoms with Gasteiger partial charge in [-0.3, -0.25) is 0 Å². The molecule has 0 spiro atoms. The Kier molecular flexibility index (Phi) is 3.48. The van der Waals surface area contributed by atoms with E-state index in [0.717, 1.165) is 11.4 Å². The Morgan fingerprint density at radius 2 is 2.07 bits per heavy atom. The van der Waals surface area contributed by atoms with Crippen molar-refractivity contribution in [2.45, 2.75) is 12.3 Å². The Morgan fingerprint density at radius 1 is 1.27 bits per heavy atom. The maximum Gasteiger partial charge on any atom is 0.0931 e. The molecule has 3 heteroatoms. The van der Waals surface area contributed by atoms with Crippen molar-refractivity contribution in [3.05, 3.63) is 52.5 Å². The van der Waals surface area contributed by atoms with Crippen LogP contribution in [-0.2, 0) is 6.42 Å². The van der Waals surface area contributed by atoms with Crippen LogP contribution in [0, 0.1) is 0 Å². The summed E-state index contributed by atoms with van der Waals surface area (Å²) in [5, 5.41) is 3.17. The topological polar surface area (TPSA) is 38.9 Å². The molecule has 1 aromatic heterocycles. The van der Waals surface area contributed by atoms with Gasteiger partial charge < -0.3 is 5.73 Å². The molecule has 0 amide bonds. The maximum absolute atomic E-state index is 5.80. The van der Waals surface area contributed by atoms with Crippen LogP contribution in [0.1, 0.15) is 16.5 Å². The third kappa shape index (κ3) is 2.64. The number of benzene rings is 1. The molecule has 1 heterocycles. The first-order valence-corrected chi connectivity index (χ1v) is 5.91. The van der Waals surface area contributed by atoms with Gasteiger partial charge in [-0.05, 0) is 12.1 Å². The van der Waals surface area contributed by atoms with E-state index >= 15 is 0 Å². The number of thiazole rings is 1. The first-order chi connectivity index (χ1) is 7.40. The van der Waals surface area contributed by atoms with Crippen LogP contribution in [0.25, 0.3) is 0 Å². The van der Waals surface area contributed by atoms with Crippen LogP contribution in [0.4, 0.5) is 0 Å².